The summed E-state index contributed by atoms with van der Waals surface area (Å²) >= 11 is 31.7. The number of benzene rings is 1. The fraction of sp³-hybridized carbons (Fsp3) is 0.400. The van der Waals surface area contributed by atoms with Crippen LogP contribution in [-0.4, -0.2) is 30.6 Å². The van der Waals surface area contributed by atoms with E-state index < -0.39 is 0 Å². The molecule has 8 heteroatoms. The fourth-order valence-electron chi connectivity index (χ4n) is 1.43. The maximum absolute atomic E-state index is 6.16. The van der Waals surface area contributed by atoms with Crippen LogP contribution >= 0.6 is 70.0 Å². The van der Waals surface area contributed by atoms with E-state index in [0.29, 0.717) is 28.2 Å². The van der Waals surface area contributed by atoms with E-state index in [1.54, 1.807) is 0 Å². The van der Waals surface area contributed by atoms with Crippen molar-refractivity contribution in [2.45, 2.75) is 4.90 Å². The van der Waals surface area contributed by atoms with Gasteiger partial charge in [-0.25, -0.2) is 4.31 Å². The highest BCUT2D eigenvalue weighted by atomic mass is 35.5. The van der Waals surface area contributed by atoms with Gasteiger partial charge in [0.2, 0.25) is 0 Å². The molecule has 2 rings (SSSR count). The molecular weight excluding hydrogens is 359 g/mol. The second kappa shape index (κ2) is 6.59. The molecule has 100 valence electrons. The van der Waals surface area contributed by atoms with Gasteiger partial charge in [-0.15, -0.1) is 0 Å². The second-order valence-corrected chi connectivity index (χ2v) is 6.53. The first-order valence-electron chi connectivity index (χ1n) is 5.04. The number of morpholine rings is 1. The molecule has 18 heavy (non-hydrogen) atoms. The Hall–Kier alpha value is 0.940. The summed E-state index contributed by atoms with van der Waals surface area (Å²) in [5.41, 5.74) is 0. The van der Waals surface area contributed by atoms with Crippen LogP contribution < -0.4 is 0 Å². The molecule has 0 amide bonds. The Balaban J connectivity index is 2.32. The fourth-order valence-corrected chi connectivity index (χ4v) is 3.84. The first kappa shape index (κ1) is 15.3. The van der Waals surface area contributed by atoms with E-state index >= 15 is 0 Å². The molecule has 1 aliphatic heterocycles. The van der Waals surface area contributed by atoms with Crippen LogP contribution in [0.25, 0.3) is 0 Å². The zero-order valence-electron chi connectivity index (χ0n) is 8.98. The zero-order valence-corrected chi connectivity index (χ0v) is 13.6. The van der Waals surface area contributed by atoms with Crippen molar-refractivity contribution in [3.05, 3.63) is 25.1 Å². The van der Waals surface area contributed by atoms with E-state index in [-0.39, 0.29) is 15.1 Å². The Morgan fingerprint density at radius 2 is 1.22 bits per heavy atom. The lowest BCUT2D eigenvalue weighted by atomic mass is 10.3. The van der Waals surface area contributed by atoms with Crippen LogP contribution in [0.15, 0.2) is 4.90 Å². The molecule has 1 saturated heterocycles. The Bertz CT molecular complexity index is 435. The van der Waals surface area contributed by atoms with Crippen molar-refractivity contribution < 1.29 is 4.74 Å². The average Bonchev–Trinajstić information content (AvgIpc) is 2.40. The third-order valence-electron chi connectivity index (χ3n) is 2.36. The van der Waals surface area contributed by atoms with Gasteiger partial charge in [0.25, 0.3) is 0 Å². The van der Waals surface area contributed by atoms with Crippen LogP contribution in [0.1, 0.15) is 0 Å². The van der Waals surface area contributed by atoms with Gasteiger partial charge in [-0.2, -0.15) is 0 Å². The Morgan fingerprint density at radius 1 is 0.778 bits per heavy atom. The standard InChI is InChI=1S/C10H8Cl5NOS/c11-5-6(12)8(14)10(9(15)7(5)13)18-16-1-3-17-4-2-16/h1-4H2. The Morgan fingerprint density at radius 3 is 1.72 bits per heavy atom. The minimum atomic E-state index is 0.180. The van der Waals surface area contributed by atoms with Gasteiger partial charge in [-0.1, -0.05) is 58.0 Å². The summed E-state index contributed by atoms with van der Waals surface area (Å²) in [5, 5.41) is 1.28. The van der Waals surface area contributed by atoms with Gasteiger partial charge < -0.3 is 4.74 Å². The summed E-state index contributed by atoms with van der Waals surface area (Å²) in [6, 6.07) is 0. The topological polar surface area (TPSA) is 12.5 Å². The first-order chi connectivity index (χ1) is 8.52. The molecule has 1 aromatic rings. The molecule has 0 bridgehead atoms. The molecule has 0 saturated carbocycles. The molecule has 1 heterocycles. The number of hydrogen-bond donors (Lipinski definition) is 0. The number of halogens is 5. The average molecular weight is 368 g/mol. The van der Waals surface area contributed by atoms with Crippen molar-refractivity contribution in [2.75, 3.05) is 26.3 Å². The van der Waals surface area contributed by atoms with Crippen LogP contribution in [-0.2, 0) is 4.74 Å². The van der Waals surface area contributed by atoms with Crippen LogP contribution in [0.5, 0.6) is 0 Å². The summed E-state index contributed by atoms with van der Waals surface area (Å²) in [4.78, 5) is 0.625. The zero-order chi connectivity index (χ0) is 13.3. The molecular formula is C10H8Cl5NOS. The Labute approximate surface area is 135 Å². The highest BCUT2D eigenvalue weighted by Gasteiger charge is 2.22. The van der Waals surface area contributed by atoms with Gasteiger partial charge >= 0.3 is 0 Å². The number of nitrogens with zero attached hydrogens (tertiary/aromatic N) is 1. The minimum Gasteiger partial charge on any atom is -0.379 e. The van der Waals surface area contributed by atoms with E-state index in [4.69, 9.17) is 62.7 Å². The van der Waals surface area contributed by atoms with Crippen molar-refractivity contribution in [3.8, 4) is 0 Å². The highest BCUT2D eigenvalue weighted by Crippen LogP contribution is 2.48. The van der Waals surface area contributed by atoms with E-state index in [2.05, 4.69) is 4.31 Å². The van der Waals surface area contributed by atoms with Gasteiger partial charge in [-0.3, -0.25) is 0 Å². The Kier molecular flexibility index (Phi) is 5.62. The number of hydrogen-bond acceptors (Lipinski definition) is 3. The van der Waals surface area contributed by atoms with Crippen molar-refractivity contribution >= 4 is 70.0 Å². The van der Waals surface area contributed by atoms with Gasteiger partial charge in [-0.05, 0) is 11.9 Å². The third-order valence-corrected chi connectivity index (χ3v) is 6.07. The van der Waals surface area contributed by atoms with Gasteiger partial charge in [0.05, 0.1) is 43.2 Å². The lowest BCUT2D eigenvalue weighted by molar-refractivity contribution is 0.0773. The first-order valence-corrected chi connectivity index (χ1v) is 7.70. The van der Waals surface area contributed by atoms with Gasteiger partial charge in [0.1, 0.15) is 0 Å². The molecule has 1 aliphatic rings. The third kappa shape index (κ3) is 3.15. The molecule has 0 radical (unpaired) electrons. The van der Waals surface area contributed by atoms with Crippen molar-refractivity contribution in [1.82, 2.24) is 4.31 Å². The molecule has 1 fully saturated rings. The van der Waals surface area contributed by atoms with Crippen LogP contribution in [0.4, 0.5) is 0 Å². The molecule has 0 aliphatic carbocycles. The smallest absolute Gasteiger partial charge is 0.0809 e. The van der Waals surface area contributed by atoms with E-state index in [9.17, 15) is 0 Å². The maximum atomic E-state index is 6.16. The maximum Gasteiger partial charge on any atom is 0.0809 e. The summed E-state index contributed by atoms with van der Waals surface area (Å²) in [7, 11) is 0. The predicted molar refractivity (Wildman–Crippen MR) is 79.7 cm³/mol. The quantitative estimate of drug-likeness (QED) is 0.400. The molecule has 0 unspecified atom stereocenters. The van der Waals surface area contributed by atoms with E-state index in [1.165, 1.54) is 11.9 Å². The normalized spacial score (nSPS) is 17.2. The number of ether oxygens (including phenoxy) is 1. The molecule has 0 atom stereocenters. The second-order valence-electron chi connectivity index (χ2n) is 3.53. The van der Waals surface area contributed by atoms with Gasteiger partial charge in [0, 0.05) is 13.1 Å². The monoisotopic (exact) mass is 365 g/mol. The van der Waals surface area contributed by atoms with Crippen molar-refractivity contribution in [2.24, 2.45) is 0 Å². The molecule has 0 aromatic heterocycles. The van der Waals surface area contributed by atoms with E-state index in [0.717, 1.165) is 13.1 Å². The lowest BCUT2D eigenvalue weighted by Gasteiger charge is -2.26. The summed E-state index contributed by atoms with van der Waals surface area (Å²) in [5.74, 6) is 0. The van der Waals surface area contributed by atoms with Crippen molar-refractivity contribution in [1.29, 1.82) is 0 Å². The minimum absolute atomic E-state index is 0.180. The van der Waals surface area contributed by atoms with Crippen LogP contribution in [0.3, 0.4) is 0 Å². The van der Waals surface area contributed by atoms with Crippen LogP contribution in [0, 0.1) is 0 Å². The SMILES string of the molecule is Clc1c(Cl)c(Cl)c(SN2CCOCC2)c(Cl)c1Cl. The summed E-state index contributed by atoms with van der Waals surface area (Å²) in [6.07, 6.45) is 0. The van der Waals surface area contributed by atoms with Crippen LogP contribution in [0.2, 0.25) is 25.1 Å². The number of rotatable bonds is 2. The van der Waals surface area contributed by atoms with Gasteiger partial charge in [0.15, 0.2) is 0 Å². The van der Waals surface area contributed by atoms with E-state index in [1.807, 2.05) is 0 Å². The summed E-state index contributed by atoms with van der Waals surface area (Å²) in [6.45, 7) is 2.93. The lowest BCUT2D eigenvalue weighted by Crippen LogP contribution is -2.30. The molecule has 2 nitrogen and oxygen atoms in total. The largest absolute Gasteiger partial charge is 0.379 e. The molecule has 1 aromatic carbocycles. The highest BCUT2D eigenvalue weighted by molar-refractivity contribution is 7.97. The summed E-state index contributed by atoms with van der Waals surface area (Å²) < 4.78 is 7.36. The molecule has 0 spiro atoms. The predicted octanol–water partition coefficient (Wildman–Crippen LogP) is 5.29. The molecule has 0 N–H and O–H groups in total. The van der Waals surface area contributed by atoms with Crippen molar-refractivity contribution in [3.63, 3.8) is 0 Å².